The van der Waals surface area contributed by atoms with Crippen molar-refractivity contribution in [2.75, 3.05) is 32.8 Å². The van der Waals surface area contributed by atoms with Crippen molar-refractivity contribution in [3.05, 3.63) is 48.0 Å². The third-order valence-corrected chi connectivity index (χ3v) is 3.70. The summed E-state index contributed by atoms with van der Waals surface area (Å²) in [6.45, 7) is 1.11. The van der Waals surface area contributed by atoms with Gasteiger partial charge in [-0.05, 0) is 25.2 Å². The largest absolute Gasteiger partial charge is 0.496 e. The summed E-state index contributed by atoms with van der Waals surface area (Å²) in [7, 11) is 3.54. The fraction of sp³-hybridized carbons (Fsp3) is 0.278. The molecule has 0 bridgehead atoms. The van der Waals surface area contributed by atoms with E-state index in [0.29, 0.717) is 23.7 Å². The number of hydrogen-bond donors (Lipinski definition) is 1. The highest BCUT2D eigenvalue weighted by Crippen LogP contribution is 2.34. The third-order valence-electron chi connectivity index (χ3n) is 3.70. The van der Waals surface area contributed by atoms with E-state index in [-0.39, 0.29) is 19.2 Å². The van der Waals surface area contributed by atoms with Gasteiger partial charge in [-0.3, -0.25) is 9.69 Å². The molecule has 1 aliphatic rings. The summed E-state index contributed by atoms with van der Waals surface area (Å²) in [6, 6.07) is 13.1. The fourth-order valence-corrected chi connectivity index (χ4v) is 2.60. The van der Waals surface area contributed by atoms with Crippen LogP contribution in [0.25, 0.3) is 0 Å². The molecule has 1 amide bonds. The van der Waals surface area contributed by atoms with Gasteiger partial charge in [-0.15, -0.1) is 0 Å². The molecule has 0 fully saturated rings. The van der Waals surface area contributed by atoms with Crippen LogP contribution in [-0.4, -0.2) is 38.3 Å². The van der Waals surface area contributed by atoms with Crippen molar-refractivity contribution in [2.45, 2.75) is 6.54 Å². The Bertz CT molecular complexity index is 733. The summed E-state index contributed by atoms with van der Waals surface area (Å²) in [6.07, 6.45) is 0. The maximum atomic E-state index is 12.2. The molecule has 1 heterocycles. The van der Waals surface area contributed by atoms with Crippen LogP contribution in [0.3, 0.4) is 0 Å². The molecular formula is C18H20N2O4. The molecular weight excluding hydrogens is 308 g/mol. The lowest BCUT2D eigenvalue weighted by Gasteiger charge is -2.18. The van der Waals surface area contributed by atoms with E-state index in [0.717, 1.165) is 11.3 Å². The van der Waals surface area contributed by atoms with E-state index in [9.17, 15) is 4.79 Å². The molecule has 2 aromatic rings. The van der Waals surface area contributed by atoms with E-state index in [2.05, 4.69) is 5.32 Å². The fourth-order valence-electron chi connectivity index (χ4n) is 2.60. The van der Waals surface area contributed by atoms with E-state index < -0.39 is 0 Å². The average molecular weight is 328 g/mol. The number of anilines is 1. The van der Waals surface area contributed by atoms with Crippen molar-refractivity contribution in [3.8, 4) is 17.2 Å². The second kappa shape index (κ2) is 7.23. The van der Waals surface area contributed by atoms with Crippen LogP contribution in [-0.2, 0) is 11.3 Å². The van der Waals surface area contributed by atoms with Crippen molar-refractivity contribution >= 4 is 11.6 Å². The zero-order valence-corrected chi connectivity index (χ0v) is 13.7. The van der Waals surface area contributed by atoms with Gasteiger partial charge >= 0.3 is 0 Å². The first-order chi connectivity index (χ1) is 11.7. The summed E-state index contributed by atoms with van der Waals surface area (Å²) >= 11 is 0. The van der Waals surface area contributed by atoms with Crippen LogP contribution in [0.15, 0.2) is 42.5 Å². The average Bonchev–Trinajstić information content (AvgIpc) is 3.02. The lowest BCUT2D eigenvalue weighted by Crippen LogP contribution is -2.29. The molecule has 3 rings (SSSR count). The van der Waals surface area contributed by atoms with Gasteiger partial charge in [0.05, 0.1) is 13.7 Å². The topological polar surface area (TPSA) is 60.0 Å². The maximum Gasteiger partial charge on any atom is 0.238 e. The molecule has 0 unspecified atom stereocenters. The molecule has 0 atom stereocenters. The number of likely N-dealkylation sites (N-methyl/N-ethyl adjacent to an activating group) is 1. The second-order valence-electron chi connectivity index (χ2n) is 5.60. The Balaban J connectivity index is 1.56. The van der Waals surface area contributed by atoms with E-state index in [4.69, 9.17) is 14.2 Å². The van der Waals surface area contributed by atoms with Gasteiger partial charge in [-0.25, -0.2) is 0 Å². The van der Waals surface area contributed by atoms with Crippen molar-refractivity contribution < 1.29 is 19.0 Å². The summed E-state index contributed by atoms with van der Waals surface area (Å²) in [5.41, 5.74) is 1.73. The normalized spacial score (nSPS) is 12.3. The SMILES string of the molecule is COc1ccccc1CN(C)CC(=O)Nc1ccc2c(c1)OCO2. The first kappa shape index (κ1) is 16.1. The predicted molar refractivity (Wildman–Crippen MR) is 90.5 cm³/mol. The van der Waals surface area contributed by atoms with Crippen LogP contribution < -0.4 is 19.5 Å². The minimum absolute atomic E-state index is 0.0914. The highest BCUT2D eigenvalue weighted by molar-refractivity contribution is 5.92. The lowest BCUT2D eigenvalue weighted by atomic mass is 10.2. The molecule has 0 saturated heterocycles. The van der Waals surface area contributed by atoms with Gasteiger partial charge in [0.1, 0.15) is 5.75 Å². The highest BCUT2D eigenvalue weighted by Gasteiger charge is 2.15. The molecule has 2 aromatic carbocycles. The smallest absolute Gasteiger partial charge is 0.238 e. The molecule has 0 aliphatic carbocycles. The van der Waals surface area contributed by atoms with E-state index in [1.165, 1.54) is 0 Å². The number of ether oxygens (including phenoxy) is 3. The number of rotatable bonds is 6. The molecule has 6 nitrogen and oxygen atoms in total. The zero-order chi connectivity index (χ0) is 16.9. The van der Waals surface area contributed by atoms with Gasteiger partial charge in [0.2, 0.25) is 12.7 Å². The molecule has 0 radical (unpaired) electrons. The number of carbonyl (C=O) groups is 1. The van der Waals surface area contributed by atoms with Gasteiger partial charge in [0, 0.05) is 23.9 Å². The van der Waals surface area contributed by atoms with Crippen molar-refractivity contribution in [2.24, 2.45) is 0 Å². The number of methoxy groups -OCH3 is 1. The van der Waals surface area contributed by atoms with Gasteiger partial charge in [0.15, 0.2) is 11.5 Å². The summed E-state index contributed by atoms with van der Waals surface area (Å²) in [5, 5.41) is 2.87. The molecule has 0 spiro atoms. The summed E-state index contributed by atoms with van der Waals surface area (Å²) in [4.78, 5) is 14.1. The summed E-state index contributed by atoms with van der Waals surface area (Å²) in [5.74, 6) is 2.07. The molecule has 126 valence electrons. The quantitative estimate of drug-likeness (QED) is 0.883. The number of fused-ring (bicyclic) bond motifs is 1. The first-order valence-electron chi connectivity index (χ1n) is 7.65. The number of amides is 1. The second-order valence-corrected chi connectivity index (χ2v) is 5.60. The standard InChI is InChI=1S/C18H20N2O4/c1-20(10-13-5-3-4-6-15(13)22-2)11-18(21)19-14-7-8-16-17(9-14)24-12-23-16/h3-9H,10-12H2,1-2H3,(H,19,21). The molecule has 1 N–H and O–H groups in total. The Morgan fingerprint density at radius 1 is 1.21 bits per heavy atom. The molecule has 24 heavy (non-hydrogen) atoms. The third kappa shape index (κ3) is 3.78. The first-order valence-corrected chi connectivity index (χ1v) is 7.65. The lowest BCUT2D eigenvalue weighted by molar-refractivity contribution is -0.117. The van der Waals surface area contributed by atoms with Crippen LogP contribution in [0.1, 0.15) is 5.56 Å². The minimum Gasteiger partial charge on any atom is -0.496 e. The van der Waals surface area contributed by atoms with Gasteiger partial charge < -0.3 is 19.5 Å². The van der Waals surface area contributed by atoms with Gasteiger partial charge in [-0.2, -0.15) is 0 Å². The van der Waals surface area contributed by atoms with Crippen LogP contribution in [0.2, 0.25) is 0 Å². The minimum atomic E-state index is -0.0914. The van der Waals surface area contributed by atoms with Crippen LogP contribution in [0.5, 0.6) is 17.2 Å². The highest BCUT2D eigenvalue weighted by atomic mass is 16.7. The number of carbonyl (C=O) groups excluding carboxylic acids is 1. The number of nitrogens with one attached hydrogen (secondary N) is 1. The Morgan fingerprint density at radius 3 is 2.83 bits per heavy atom. The Hall–Kier alpha value is -2.73. The Labute approximate surface area is 140 Å². The summed E-state index contributed by atoms with van der Waals surface area (Å²) < 4.78 is 15.9. The van der Waals surface area contributed by atoms with E-state index >= 15 is 0 Å². The molecule has 6 heteroatoms. The number of para-hydroxylation sites is 1. The molecule has 0 saturated carbocycles. The predicted octanol–water partition coefficient (Wildman–Crippen LogP) is 2.49. The molecule has 1 aliphatic heterocycles. The van der Waals surface area contributed by atoms with Crippen molar-refractivity contribution in [3.63, 3.8) is 0 Å². The van der Waals surface area contributed by atoms with Crippen molar-refractivity contribution in [1.82, 2.24) is 4.90 Å². The Morgan fingerprint density at radius 2 is 2.00 bits per heavy atom. The Kier molecular flexibility index (Phi) is 4.86. The van der Waals surface area contributed by atoms with Gasteiger partial charge in [0.25, 0.3) is 0 Å². The maximum absolute atomic E-state index is 12.2. The van der Waals surface area contributed by atoms with E-state index in [1.807, 2.05) is 36.2 Å². The van der Waals surface area contributed by atoms with E-state index in [1.54, 1.807) is 25.3 Å². The van der Waals surface area contributed by atoms with Crippen LogP contribution >= 0.6 is 0 Å². The van der Waals surface area contributed by atoms with Gasteiger partial charge in [-0.1, -0.05) is 18.2 Å². The molecule has 0 aromatic heterocycles. The number of nitrogens with zero attached hydrogens (tertiary/aromatic N) is 1. The number of benzene rings is 2. The van der Waals surface area contributed by atoms with Crippen LogP contribution in [0, 0.1) is 0 Å². The van der Waals surface area contributed by atoms with Crippen LogP contribution in [0.4, 0.5) is 5.69 Å². The zero-order valence-electron chi connectivity index (χ0n) is 13.7. The monoisotopic (exact) mass is 328 g/mol. The number of hydrogen-bond acceptors (Lipinski definition) is 5. The van der Waals surface area contributed by atoms with Crippen molar-refractivity contribution in [1.29, 1.82) is 0 Å².